The molecule has 2 heterocycles. The normalized spacial score (nSPS) is 14.9. The van der Waals surface area contributed by atoms with Gasteiger partial charge in [-0.2, -0.15) is 0 Å². The molecule has 3 aromatic rings. The summed E-state index contributed by atoms with van der Waals surface area (Å²) in [7, 11) is 0. The zero-order valence-corrected chi connectivity index (χ0v) is 18.7. The van der Waals surface area contributed by atoms with Gasteiger partial charge in [0, 0.05) is 29.9 Å². The second kappa shape index (κ2) is 8.83. The van der Waals surface area contributed by atoms with Gasteiger partial charge in [0.2, 0.25) is 0 Å². The number of rotatable bonds is 4. The quantitative estimate of drug-likeness (QED) is 0.527. The first-order valence-corrected chi connectivity index (χ1v) is 11.0. The van der Waals surface area contributed by atoms with E-state index in [0.29, 0.717) is 16.8 Å². The molecule has 2 aromatic carbocycles. The van der Waals surface area contributed by atoms with Crippen LogP contribution in [-0.4, -0.2) is 22.6 Å². The number of hydrogen-bond donors (Lipinski definition) is 0. The van der Waals surface area contributed by atoms with Gasteiger partial charge in [-0.3, -0.25) is 9.36 Å². The summed E-state index contributed by atoms with van der Waals surface area (Å²) in [4.78, 5) is 19.2. The lowest BCUT2D eigenvalue weighted by Crippen LogP contribution is -2.34. The van der Waals surface area contributed by atoms with Crippen LogP contribution in [0.2, 0.25) is 10.0 Å². The van der Waals surface area contributed by atoms with E-state index in [9.17, 15) is 4.79 Å². The summed E-state index contributed by atoms with van der Waals surface area (Å²) in [6.07, 6.45) is 3.22. The van der Waals surface area contributed by atoms with E-state index in [0.717, 1.165) is 54.4 Å². The van der Waals surface area contributed by atoms with Gasteiger partial charge in [-0.25, -0.2) is 4.98 Å². The van der Waals surface area contributed by atoms with Crippen molar-refractivity contribution in [1.82, 2.24) is 9.55 Å². The molecular formula is C24H25Cl2N3O. The number of aromatic nitrogens is 2. The summed E-state index contributed by atoms with van der Waals surface area (Å²) >= 11 is 13.0. The van der Waals surface area contributed by atoms with Gasteiger partial charge in [0.1, 0.15) is 5.82 Å². The van der Waals surface area contributed by atoms with E-state index < -0.39 is 0 Å². The smallest absolute Gasteiger partial charge is 0.258 e. The Morgan fingerprint density at radius 3 is 2.40 bits per heavy atom. The molecular weight excluding hydrogens is 417 g/mol. The molecule has 156 valence electrons. The molecule has 0 radical (unpaired) electrons. The van der Waals surface area contributed by atoms with Gasteiger partial charge in [0.15, 0.2) is 0 Å². The molecule has 0 unspecified atom stereocenters. The predicted molar refractivity (Wildman–Crippen MR) is 124 cm³/mol. The summed E-state index contributed by atoms with van der Waals surface area (Å²) in [5.41, 5.74) is 3.61. The fourth-order valence-corrected chi connectivity index (χ4v) is 4.81. The third kappa shape index (κ3) is 4.40. The highest BCUT2D eigenvalue weighted by Crippen LogP contribution is 2.33. The van der Waals surface area contributed by atoms with Crippen molar-refractivity contribution in [3.63, 3.8) is 0 Å². The standard InChI is InChI=1S/C24H25Cl2N3O/c1-16-13-24(30)29(17(2)27-16)20-7-8-23(22(26)15-20)28-11-9-18(10-12-28)14-19-5-3-4-6-21(19)25/h3-8,13,15,18H,9-12,14H2,1-2H3. The summed E-state index contributed by atoms with van der Waals surface area (Å²) in [6, 6.07) is 15.5. The highest BCUT2D eigenvalue weighted by molar-refractivity contribution is 6.33. The molecule has 6 heteroatoms. The topological polar surface area (TPSA) is 38.1 Å². The number of hydrogen-bond acceptors (Lipinski definition) is 3. The van der Waals surface area contributed by atoms with Gasteiger partial charge in [0.05, 0.1) is 16.4 Å². The maximum absolute atomic E-state index is 12.4. The number of aryl methyl sites for hydroxylation is 2. The zero-order chi connectivity index (χ0) is 21.3. The van der Waals surface area contributed by atoms with Crippen molar-refractivity contribution in [3.8, 4) is 5.69 Å². The Morgan fingerprint density at radius 2 is 1.73 bits per heavy atom. The minimum absolute atomic E-state index is 0.0933. The SMILES string of the molecule is Cc1cc(=O)n(-c2ccc(N3CCC(Cc4ccccc4Cl)CC3)c(Cl)c2)c(C)n1. The molecule has 1 aromatic heterocycles. The van der Waals surface area contributed by atoms with Crippen molar-refractivity contribution in [2.45, 2.75) is 33.1 Å². The highest BCUT2D eigenvalue weighted by Gasteiger charge is 2.22. The molecule has 30 heavy (non-hydrogen) atoms. The van der Waals surface area contributed by atoms with Crippen molar-refractivity contribution < 1.29 is 0 Å². The van der Waals surface area contributed by atoms with E-state index in [1.165, 1.54) is 5.56 Å². The van der Waals surface area contributed by atoms with Gasteiger partial charge in [-0.05, 0) is 68.9 Å². The minimum Gasteiger partial charge on any atom is -0.370 e. The Kier molecular flexibility index (Phi) is 6.16. The van der Waals surface area contributed by atoms with Crippen molar-refractivity contribution in [2.75, 3.05) is 18.0 Å². The number of piperidine rings is 1. The maximum atomic E-state index is 12.4. The van der Waals surface area contributed by atoms with Crippen LogP contribution in [0.1, 0.15) is 29.9 Å². The van der Waals surface area contributed by atoms with Crippen LogP contribution in [0.15, 0.2) is 53.3 Å². The van der Waals surface area contributed by atoms with Crippen molar-refractivity contribution in [3.05, 3.63) is 86.0 Å². The number of anilines is 1. The Balaban J connectivity index is 1.47. The Bertz CT molecular complexity index is 1120. The highest BCUT2D eigenvalue weighted by atomic mass is 35.5. The summed E-state index contributed by atoms with van der Waals surface area (Å²) in [5.74, 6) is 1.28. The van der Waals surface area contributed by atoms with Crippen LogP contribution in [0.5, 0.6) is 0 Å². The molecule has 1 aliphatic rings. The van der Waals surface area contributed by atoms with Gasteiger partial charge >= 0.3 is 0 Å². The van der Waals surface area contributed by atoms with Gasteiger partial charge in [-0.1, -0.05) is 41.4 Å². The number of nitrogens with zero attached hydrogens (tertiary/aromatic N) is 3. The fraction of sp³-hybridized carbons (Fsp3) is 0.333. The number of benzene rings is 2. The van der Waals surface area contributed by atoms with E-state index in [-0.39, 0.29) is 5.56 Å². The average molecular weight is 442 g/mol. The molecule has 1 aliphatic heterocycles. The largest absolute Gasteiger partial charge is 0.370 e. The lowest BCUT2D eigenvalue weighted by Gasteiger charge is -2.34. The van der Waals surface area contributed by atoms with Crippen molar-refractivity contribution in [2.24, 2.45) is 5.92 Å². The second-order valence-corrected chi connectivity index (χ2v) is 8.79. The molecule has 0 saturated carbocycles. The number of halogens is 2. The van der Waals surface area contributed by atoms with Crippen LogP contribution in [0, 0.1) is 19.8 Å². The van der Waals surface area contributed by atoms with E-state index in [2.05, 4.69) is 16.0 Å². The monoisotopic (exact) mass is 441 g/mol. The van der Waals surface area contributed by atoms with Gasteiger partial charge in [-0.15, -0.1) is 0 Å². The molecule has 4 rings (SSSR count). The molecule has 4 nitrogen and oxygen atoms in total. The average Bonchev–Trinajstić information content (AvgIpc) is 2.70. The van der Waals surface area contributed by atoms with Crippen LogP contribution in [0.25, 0.3) is 5.69 Å². The van der Waals surface area contributed by atoms with Crippen molar-refractivity contribution in [1.29, 1.82) is 0 Å². The second-order valence-electron chi connectivity index (χ2n) is 7.98. The fourth-order valence-electron chi connectivity index (χ4n) is 4.30. The lowest BCUT2D eigenvalue weighted by atomic mass is 9.90. The molecule has 0 bridgehead atoms. The van der Waals surface area contributed by atoms with Gasteiger partial charge < -0.3 is 4.90 Å². The van der Waals surface area contributed by atoms with Crippen LogP contribution in [-0.2, 0) is 6.42 Å². The third-order valence-corrected chi connectivity index (χ3v) is 6.50. The van der Waals surface area contributed by atoms with Crippen LogP contribution < -0.4 is 10.5 Å². The van der Waals surface area contributed by atoms with Crippen LogP contribution >= 0.6 is 23.2 Å². The Labute approximate surface area is 187 Å². The Hall–Kier alpha value is -2.30. The van der Waals surface area contributed by atoms with E-state index in [1.54, 1.807) is 10.6 Å². The van der Waals surface area contributed by atoms with E-state index >= 15 is 0 Å². The summed E-state index contributed by atoms with van der Waals surface area (Å²) < 4.78 is 1.60. The van der Waals surface area contributed by atoms with Gasteiger partial charge in [0.25, 0.3) is 5.56 Å². The first-order chi connectivity index (χ1) is 14.4. The molecule has 1 fully saturated rings. The van der Waals surface area contributed by atoms with Crippen molar-refractivity contribution >= 4 is 28.9 Å². The molecule has 0 amide bonds. The van der Waals surface area contributed by atoms with E-state index in [1.807, 2.05) is 50.2 Å². The molecule has 0 atom stereocenters. The van der Waals surface area contributed by atoms with E-state index in [4.69, 9.17) is 23.2 Å². The lowest BCUT2D eigenvalue weighted by molar-refractivity contribution is 0.404. The zero-order valence-electron chi connectivity index (χ0n) is 17.2. The Morgan fingerprint density at radius 1 is 1.00 bits per heavy atom. The summed E-state index contributed by atoms with van der Waals surface area (Å²) in [5, 5.41) is 1.51. The molecule has 0 N–H and O–H groups in total. The predicted octanol–water partition coefficient (Wildman–Crippen LogP) is 5.62. The first kappa shape index (κ1) is 21.0. The first-order valence-electron chi connectivity index (χ1n) is 10.3. The third-order valence-electron chi connectivity index (χ3n) is 5.83. The maximum Gasteiger partial charge on any atom is 0.258 e. The van der Waals surface area contributed by atoms with Crippen LogP contribution in [0.4, 0.5) is 5.69 Å². The summed E-state index contributed by atoms with van der Waals surface area (Å²) in [6.45, 7) is 5.57. The molecule has 0 spiro atoms. The molecule has 1 saturated heterocycles. The molecule has 0 aliphatic carbocycles. The minimum atomic E-state index is -0.0933. The van der Waals surface area contributed by atoms with Crippen LogP contribution in [0.3, 0.4) is 0 Å².